The fourth-order valence-corrected chi connectivity index (χ4v) is 3.51. The van der Waals surface area contributed by atoms with Gasteiger partial charge in [-0.3, -0.25) is 9.62 Å². The SMILES string of the molecule is O=S(=O)(CCN1CCNCC1)Nc1nccs1. The second-order valence-corrected chi connectivity index (χ2v) is 6.59. The molecule has 1 aliphatic rings. The Labute approximate surface area is 105 Å². The maximum Gasteiger partial charge on any atom is 0.235 e. The van der Waals surface area contributed by atoms with Gasteiger partial charge in [-0.1, -0.05) is 0 Å². The summed E-state index contributed by atoms with van der Waals surface area (Å²) < 4.78 is 26.0. The van der Waals surface area contributed by atoms with E-state index in [0.29, 0.717) is 11.7 Å². The summed E-state index contributed by atoms with van der Waals surface area (Å²) in [5.41, 5.74) is 0. The Hall–Kier alpha value is -0.700. The summed E-state index contributed by atoms with van der Waals surface area (Å²) in [6.07, 6.45) is 1.58. The summed E-state index contributed by atoms with van der Waals surface area (Å²) in [6.45, 7) is 4.25. The van der Waals surface area contributed by atoms with E-state index in [1.165, 1.54) is 11.3 Å². The van der Waals surface area contributed by atoms with Gasteiger partial charge in [-0.25, -0.2) is 13.4 Å². The average Bonchev–Trinajstić information content (AvgIpc) is 2.80. The molecule has 2 heterocycles. The van der Waals surface area contributed by atoms with Crippen LogP contribution in [0.4, 0.5) is 5.13 Å². The van der Waals surface area contributed by atoms with E-state index in [1.807, 2.05) is 0 Å². The van der Waals surface area contributed by atoms with Crippen LogP contribution in [0.1, 0.15) is 0 Å². The van der Waals surface area contributed by atoms with Gasteiger partial charge in [0.2, 0.25) is 10.0 Å². The van der Waals surface area contributed by atoms with Crippen molar-refractivity contribution in [1.29, 1.82) is 0 Å². The molecule has 0 amide bonds. The third-order valence-corrected chi connectivity index (χ3v) is 4.60. The third-order valence-electron chi connectivity index (χ3n) is 2.56. The van der Waals surface area contributed by atoms with Gasteiger partial charge in [0.05, 0.1) is 5.75 Å². The van der Waals surface area contributed by atoms with Gasteiger partial charge < -0.3 is 5.32 Å². The number of nitrogens with zero attached hydrogens (tertiary/aromatic N) is 2. The Morgan fingerprint density at radius 1 is 1.47 bits per heavy atom. The largest absolute Gasteiger partial charge is 0.314 e. The fourth-order valence-electron chi connectivity index (χ4n) is 1.64. The number of anilines is 1. The molecule has 1 aromatic rings. The van der Waals surface area contributed by atoms with Crippen LogP contribution in [0.5, 0.6) is 0 Å². The van der Waals surface area contributed by atoms with Crippen molar-refractivity contribution in [2.45, 2.75) is 0 Å². The second-order valence-electron chi connectivity index (χ2n) is 3.85. The fraction of sp³-hybridized carbons (Fsp3) is 0.667. The van der Waals surface area contributed by atoms with Crippen LogP contribution >= 0.6 is 11.3 Å². The minimum Gasteiger partial charge on any atom is -0.314 e. The smallest absolute Gasteiger partial charge is 0.235 e. The van der Waals surface area contributed by atoms with Crippen molar-refractivity contribution >= 4 is 26.5 Å². The molecular formula is C9H16N4O2S2. The monoisotopic (exact) mass is 276 g/mol. The van der Waals surface area contributed by atoms with E-state index in [9.17, 15) is 8.42 Å². The molecule has 0 atom stereocenters. The van der Waals surface area contributed by atoms with Crippen molar-refractivity contribution < 1.29 is 8.42 Å². The van der Waals surface area contributed by atoms with Gasteiger partial charge in [-0.05, 0) is 0 Å². The number of hydrogen-bond donors (Lipinski definition) is 2. The van der Waals surface area contributed by atoms with Crippen molar-refractivity contribution in [3.05, 3.63) is 11.6 Å². The maximum atomic E-state index is 11.8. The zero-order valence-electron chi connectivity index (χ0n) is 9.42. The maximum absolute atomic E-state index is 11.8. The molecule has 2 rings (SSSR count). The van der Waals surface area contributed by atoms with Crippen molar-refractivity contribution in [2.24, 2.45) is 0 Å². The van der Waals surface area contributed by atoms with Crippen molar-refractivity contribution in [2.75, 3.05) is 43.2 Å². The molecule has 0 radical (unpaired) electrons. The van der Waals surface area contributed by atoms with Crippen LogP contribution < -0.4 is 10.0 Å². The highest BCUT2D eigenvalue weighted by atomic mass is 32.2. The van der Waals surface area contributed by atoms with Gasteiger partial charge >= 0.3 is 0 Å². The molecule has 6 nitrogen and oxygen atoms in total. The molecule has 0 aliphatic carbocycles. The Morgan fingerprint density at radius 2 is 2.24 bits per heavy atom. The van der Waals surface area contributed by atoms with Crippen molar-refractivity contribution in [1.82, 2.24) is 15.2 Å². The molecule has 1 aliphatic heterocycles. The highest BCUT2D eigenvalue weighted by molar-refractivity contribution is 7.92. The van der Waals surface area contributed by atoms with Crippen LogP contribution in [0.2, 0.25) is 0 Å². The number of thiazole rings is 1. The lowest BCUT2D eigenvalue weighted by atomic mass is 10.4. The van der Waals surface area contributed by atoms with Crippen molar-refractivity contribution in [3.63, 3.8) is 0 Å². The summed E-state index contributed by atoms with van der Waals surface area (Å²) in [4.78, 5) is 6.05. The highest BCUT2D eigenvalue weighted by Crippen LogP contribution is 2.12. The molecule has 1 saturated heterocycles. The van der Waals surface area contributed by atoms with Gasteiger partial charge in [0.15, 0.2) is 5.13 Å². The summed E-state index contributed by atoms with van der Waals surface area (Å²) in [7, 11) is -3.27. The first kappa shape index (κ1) is 12.7. The average molecular weight is 276 g/mol. The summed E-state index contributed by atoms with van der Waals surface area (Å²) >= 11 is 1.29. The molecule has 96 valence electrons. The molecule has 0 saturated carbocycles. The molecule has 8 heteroatoms. The van der Waals surface area contributed by atoms with Crippen LogP contribution in [0.25, 0.3) is 0 Å². The lowest BCUT2D eigenvalue weighted by molar-refractivity contribution is 0.254. The van der Waals surface area contributed by atoms with E-state index in [2.05, 4.69) is 19.9 Å². The van der Waals surface area contributed by atoms with E-state index >= 15 is 0 Å². The molecular weight excluding hydrogens is 260 g/mol. The number of nitrogens with one attached hydrogen (secondary N) is 2. The second kappa shape index (κ2) is 5.76. The molecule has 0 aromatic carbocycles. The van der Waals surface area contributed by atoms with Crippen LogP contribution in [-0.4, -0.2) is 56.8 Å². The van der Waals surface area contributed by atoms with Gasteiger partial charge in [0.1, 0.15) is 0 Å². The van der Waals surface area contributed by atoms with Crippen LogP contribution in [0.15, 0.2) is 11.6 Å². The first-order valence-corrected chi connectivity index (χ1v) is 8.02. The van der Waals surface area contributed by atoms with Gasteiger partial charge in [-0.2, -0.15) is 0 Å². The van der Waals surface area contributed by atoms with Crippen molar-refractivity contribution in [3.8, 4) is 0 Å². The van der Waals surface area contributed by atoms with Gasteiger partial charge in [0, 0.05) is 44.3 Å². The zero-order chi connectivity index (χ0) is 12.1. The molecule has 17 heavy (non-hydrogen) atoms. The first-order chi connectivity index (χ1) is 8.16. The number of piperazine rings is 1. The lowest BCUT2D eigenvalue weighted by Gasteiger charge is -2.26. The summed E-state index contributed by atoms with van der Waals surface area (Å²) in [5.74, 6) is 0.118. The van der Waals surface area contributed by atoms with E-state index in [-0.39, 0.29) is 5.75 Å². The van der Waals surface area contributed by atoms with E-state index < -0.39 is 10.0 Å². The van der Waals surface area contributed by atoms with Gasteiger partial charge in [-0.15, -0.1) is 11.3 Å². The minimum absolute atomic E-state index is 0.118. The Morgan fingerprint density at radius 3 is 2.88 bits per heavy atom. The van der Waals surface area contributed by atoms with E-state index in [4.69, 9.17) is 0 Å². The molecule has 1 fully saturated rings. The van der Waals surface area contributed by atoms with E-state index in [0.717, 1.165) is 26.2 Å². The Kier molecular flexibility index (Phi) is 4.32. The number of hydrogen-bond acceptors (Lipinski definition) is 6. The predicted molar refractivity (Wildman–Crippen MR) is 68.8 cm³/mol. The van der Waals surface area contributed by atoms with Crippen LogP contribution in [0, 0.1) is 0 Å². The molecule has 0 bridgehead atoms. The first-order valence-electron chi connectivity index (χ1n) is 5.49. The number of rotatable bonds is 5. The molecule has 0 spiro atoms. The minimum atomic E-state index is -3.27. The topological polar surface area (TPSA) is 74.3 Å². The van der Waals surface area contributed by atoms with Gasteiger partial charge in [0.25, 0.3) is 0 Å². The zero-order valence-corrected chi connectivity index (χ0v) is 11.1. The third kappa shape index (κ3) is 4.23. The predicted octanol–water partition coefficient (Wildman–Crippen LogP) is -0.210. The summed E-state index contributed by atoms with van der Waals surface area (Å²) in [5, 5.41) is 5.41. The molecule has 0 unspecified atom stereocenters. The quantitative estimate of drug-likeness (QED) is 0.778. The molecule has 2 N–H and O–H groups in total. The number of sulfonamides is 1. The summed E-state index contributed by atoms with van der Waals surface area (Å²) in [6, 6.07) is 0. The van der Waals surface area contributed by atoms with Crippen LogP contribution in [0.3, 0.4) is 0 Å². The number of aromatic nitrogens is 1. The van der Waals surface area contributed by atoms with Crippen LogP contribution in [-0.2, 0) is 10.0 Å². The lowest BCUT2D eigenvalue weighted by Crippen LogP contribution is -2.45. The van der Waals surface area contributed by atoms with E-state index in [1.54, 1.807) is 11.6 Å². The standard InChI is InChI=1S/C9H16N4O2S2/c14-17(15,12-9-11-3-7-16-9)8-6-13-4-1-10-2-5-13/h3,7,10H,1-2,4-6,8H2,(H,11,12). The Bertz CT molecular complexity index is 426. The Balaban J connectivity index is 1.80. The highest BCUT2D eigenvalue weighted by Gasteiger charge is 2.16. The molecule has 1 aromatic heterocycles. The normalized spacial score (nSPS) is 18.1.